The molecule has 2 aromatic rings. The van der Waals surface area contributed by atoms with Crippen LogP contribution in [-0.2, 0) is 6.54 Å². The molecule has 0 aliphatic carbocycles. The largest absolute Gasteiger partial charge is 0.393 e. The van der Waals surface area contributed by atoms with Crippen LogP contribution in [0.2, 0.25) is 0 Å². The van der Waals surface area contributed by atoms with Gasteiger partial charge in [0.1, 0.15) is 5.82 Å². The standard InChI is InChI=1S/C18H23FN4O/c1-2-20-10-14-9-13(3-4-17(14)19)15-11-21-18(22-12-15)23-7-5-16(24)6-8-23/h3-4,9,11-12,16,20,24H,2,5-8,10H2,1H3. The summed E-state index contributed by atoms with van der Waals surface area (Å²) in [6.07, 6.45) is 4.83. The van der Waals surface area contributed by atoms with Gasteiger partial charge in [-0.1, -0.05) is 13.0 Å². The summed E-state index contributed by atoms with van der Waals surface area (Å²) < 4.78 is 13.8. The number of hydrogen-bond acceptors (Lipinski definition) is 5. The average Bonchev–Trinajstić information content (AvgIpc) is 2.62. The fourth-order valence-electron chi connectivity index (χ4n) is 2.85. The highest BCUT2D eigenvalue weighted by atomic mass is 19.1. The number of aliphatic hydroxyl groups is 1. The van der Waals surface area contributed by atoms with Crippen LogP contribution >= 0.6 is 0 Å². The summed E-state index contributed by atoms with van der Waals surface area (Å²) in [5.74, 6) is 0.477. The Labute approximate surface area is 141 Å². The van der Waals surface area contributed by atoms with Crippen molar-refractivity contribution >= 4 is 5.95 Å². The number of aromatic nitrogens is 2. The van der Waals surface area contributed by atoms with Gasteiger partial charge in [-0.25, -0.2) is 14.4 Å². The lowest BCUT2D eigenvalue weighted by atomic mass is 10.1. The predicted molar refractivity (Wildman–Crippen MR) is 92.3 cm³/mol. The summed E-state index contributed by atoms with van der Waals surface area (Å²) >= 11 is 0. The van der Waals surface area contributed by atoms with E-state index in [0.29, 0.717) is 18.1 Å². The summed E-state index contributed by atoms with van der Waals surface area (Å²) in [5, 5.41) is 12.7. The Morgan fingerprint density at radius 2 is 1.92 bits per heavy atom. The lowest BCUT2D eigenvalue weighted by molar-refractivity contribution is 0.145. The maximum atomic E-state index is 13.8. The van der Waals surface area contributed by atoms with Crippen molar-refractivity contribution in [3.05, 3.63) is 42.0 Å². The van der Waals surface area contributed by atoms with Crippen molar-refractivity contribution in [1.82, 2.24) is 15.3 Å². The van der Waals surface area contributed by atoms with Crippen molar-refractivity contribution in [1.29, 1.82) is 0 Å². The Balaban J connectivity index is 1.75. The fourth-order valence-corrected chi connectivity index (χ4v) is 2.85. The fraction of sp³-hybridized carbons (Fsp3) is 0.444. The number of rotatable bonds is 5. The molecule has 0 unspecified atom stereocenters. The van der Waals surface area contributed by atoms with Gasteiger partial charge in [0, 0.05) is 43.2 Å². The van der Waals surface area contributed by atoms with E-state index in [9.17, 15) is 9.50 Å². The van der Waals surface area contributed by atoms with Gasteiger partial charge in [-0.15, -0.1) is 0 Å². The van der Waals surface area contributed by atoms with Crippen LogP contribution in [-0.4, -0.2) is 40.8 Å². The lowest BCUT2D eigenvalue weighted by Crippen LogP contribution is -2.36. The van der Waals surface area contributed by atoms with Crippen LogP contribution in [0.15, 0.2) is 30.6 Å². The zero-order valence-electron chi connectivity index (χ0n) is 13.9. The van der Waals surface area contributed by atoms with Crippen molar-refractivity contribution in [2.24, 2.45) is 0 Å². The highest BCUT2D eigenvalue weighted by Crippen LogP contribution is 2.23. The summed E-state index contributed by atoms with van der Waals surface area (Å²) in [6.45, 7) is 4.83. The molecule has 5 nitrogen and oxygen atoms in total. The minimum absolute atomic E-state index is 0.205. The molecule has 6 heteroatoms. The molecule has 2 heterocycles. The molecule has 1 saturated heterocycles. The molecule has 2 N–H and O–H groups in total. The Kier molecular flexibility index (Phi) is 5.37. The van der Waals surface area contributed by atoms with Crippen LogP contribution < -0.4 is 10.2 Å². The van der Waals surface area contributed by atoms with Gasteiger partial charge >= 0.3 is 0 Å². The Morgan fingerprint density at radius 3 is 2.58 bits per heavy atom. The highest BCUT2D eigenvalue weighted by molar-refractivity contribution is 5.63. The predicted octanol–water partition coefficient (Wildman–Crippen LogP) is 2.35. The zero-order chi connectivity index (χ0) is 16.9. The van der Waals surface area contributed by atoms with Crippen LogP contribution in [0.3, 0.4) is 0 Å². The Bertz CT molecular complexity index is 669. The maximum absolute atomic E-state index is 13.8. The molecule has 0 radical (unpaired) electrons. The molecule has 1 aromatic heterocycles. The molecule has 0 spiro atoms. The Hall–Kier alpha value is -2.05. The van der Waals surface area contributed by atoms with Crippen LogP contribution in [0, 0.1) is 5.82 Å². The number of piperidine rings is 1. The second-order valence-electron chi connectivity index (χ2n) is 6.08. The minimum atomic E-state index is -0.213. The number of nitrogens with zero attached hydrogens (tertiary/aromatic N) is 3. The molecular formula is C18H23FN4O. The number of aliphatic hydroxyl groups excluding tert-OH is 1. The third kappa shape index (κ3) is 3.88. The maximum Gasteiger partial charge on any atom is 0.225 e. The molecule has 0 amide bonds. The highest BCUT2D eigenvalue weighted by Gasteiger charge is 2.19. The monoisotopic (exact) mass is 330 g/mol. The molecule has 1 aliphatic heterocycles. The van der Waals surface area contributed by atoms with E-state index in [0.717, 1.165) is 43.6 Å². The molecule has 1 fully saturated rings. The van der Waals surface area contributed by atoms with Gasteiger partial charge in [0.05, 0.1) is 6.10 Å². The second-order valence-corrected chi connectivity index (χ2v) is 6.08. The summed E-state index contributed by atoms with van der Waals surface area (Å²) in [4.78, 5) is 11.0. The quantitative estimate of drug-likeness (QED) is 0.881. The third-order valence-electron chi connectivity index (χ3n) is 4.33. The van der Waals surface area contributed by atoms with E-state index in [1.165, 1.54) is 6.07 Å². The van der Waals surface area contributed by atoms with E-state index in [4.69, 9.17) is 0 Å². The van der Waals surface area contributed by atoms with Crippen LogP contribution in [0.25, 0.3) is 11.1 Å². The van der Waals surface area contributed by atoms with Crippen LogP contribution in [0.4, 0.5) is 10.3 Å². The average molecular weight is 330 g/mol. The van der Waals surface area contributed by atoms with E-state index in [-0.39, 0.29) is 11.9 Å². The van der Waals surface area contributed by atoms with Gasteiger partial charge in [-0.2, -0.15) is 0 Å². The summed E-state index contributed by atoms with van der Waals surface area (Å²) in [6, 6.07) is 5.08. The molecule has 0 saturated carbocycles. The number of anilines is 1. The van der Waals surface area contributed by atoms with Gasteiger partial charge in [0.25, 0.3) is 0 Å². The number of benzene rings is 1. The molecule has 1 aliphatic rings. The SMILES string of the molecule is CCNCc1cc(-c2cnc(N3CCC(O)CC3)nc2)ccc1F. The third-order valence-corrected chi connectivity index (χ3v) is 4.33. The topological polar surface area (TPSA) is 61.3 Å². The first kappa shape index (κ1) is 16.8. The molecule has 24 heavy (non-hydrogen) atoms. The van der Waals surface area contributed by atoms with Crippen LogP contribution in [0.5, 0.6) is 0 Å². The molecule has 0 bridgehead atoms. The van der Waals surface area contributed by atoms with E-state index in [2.05, 4.69) is 20.2 Å². The van der Waals surface area contributed by atoms with Crippen molar-refractivity contribution in [3.63, 3.8) is 0 Å². The van der Waals surface area contributed by atoms with E-state index < -0.39 is 0 Å². The van der Waals surface area contributed by atoms with E-state index in [1.54, 1.807) is 18.5 Å². The lowest BCUT2D eigenvalue weighted by Gasteiger charge is -2.29. The van der Waals surface area contributed by atoms with Gasteiger partial charge in [0.15, 0.2) is 0 Å². The first-order chi connectivity index (χ1) is 11.7. The minimum Gasteiger partial charge on any atom is -0.393 e. The molecule has 1 aromatic carbocycles. The van der Waals surface area contributed by atoms with Crippen molar-refractivity contribution in [2.45, 2.75) is 32.4 Å². The Morgan fingerprint density at radius 1 is 1.21 bits per heavy atom. The normalized spacial score (nSPS) is 15.7. The van der Waals surface area contributed by atoms with E-state index >= 15 is 0 Å². The molecule has 128 valence electrons. The summed E-state index contributed by atoms with van der Waals surface area (Å²) in [5.41, 5.74) is 2.42. The number of hydrogen-bond donors (Lipinski definition) is 2. The van der Waals surface area contributed by atoms with Gasteiger partial charge in [-0.05, 0) is 37.1 Å². The summed E-state index contributed by atoms with van der Waals surface area (Å²) in [7, 11) is 0. The molecule has 0 atom stereocenters. The first-order valence-electron chi connectivity index (χ1n) is 8.42. The second kappa shape index (κ2) is 7.68. The van der Waals surface area contributed by atoms with Crippen molar-refractivity contribution in [2.75, 3.05) is 24.5 Å². The smallest absolute Gasteiger partial charge is 0.225 e. The molecule has 3 rings (SSSR count). The van der Waals surface area contributed by atoms with Gasteiger partial charge < -0.3 is 15.3 Å². The van der Waals surface area contributed by atoms with Crippen molar-refractivity contribution < 1.29 is 9.50 Å². The number of nitrogens with one attached hydrogen (secondary N) is 1. The van der Waals surface area contributed by atoms with E-state index in [1.807, 2.05) is 13.0 Å². The first-order valence-corrected chi connectivity index (χ1v) is 8.42. The van der Waals surface area contributed by atoms with Crippen LogP contribution in [0.1, 0.15) is 25.3 Å². The molecular weight excluding hydrogens is 307 g/mol. The van der Waals surface area contributed by atoms with Gasteiger partial charge in [-0.3, -0.25) is 0 Å². The number of halogens is 1. The zero-order valence-corrected chi connectivity index (χ0v) is 13.9. The van der Waals surface area contributed by atoms with Crippen molar-refractivity contribution in [3.8, 4) is 11.1 Å². The van der Waals surface area contributed by atoms with Gasteiger partial charge in [0.2, 0.25) is 5.95 Å².